The van der Waals surface area contributed by atoms with Crippen molar-refractivity contribution in [1.29, 1.82) is 0 Å². The van der Waals surface area contributed by atoms with E-state index < -0.39 is 0 Å². The van der Waals surface area contributed by atoms with Gasteiger partial charge < -0.3 is 5.32 Å². The maximum Gasteiger partial charge on any atom is 0.261 e. The number of hydrogen-bond acceptors (Lipinski definition) is 4. The maximum atomic E-state index is 12.1. The molecule has 5 nitrogen and oxygen atoms in total. The molecule has 0 saturated heterocycles. The monoisotopic (exact) mass is 352 g/mol. The molecule has 3 aromatic heterocycles. The van der Waals surface area contributed by atoms with Crippen molar-refractivity contribution in [3.05, 3.63) is 58.0 Å². The van der Waals surface area contributed by atoms with Crippen LogP contribution in [-0.4, -0.2) is 27.2 Å². The van der Waals surface area contributed by atoms with Crippen LogP contribution < -0.4 is 5.32 Å². The van der Waals surface area contributed by atoms with Gasteiger partial charge in [0, 0.05) is 24.0 Å². The van der Waals surface area contributed by atoms with Gasteiger partial charge in [0.1, 0.15) is 5.69 Å². The summed E-state index contributed by atoms with van der Waals surface area (Å²) in [5.41, 5.74) is 4.56. The van der Waals surface area contributed by atoms with E-state index in [0.29, 0.717) is 13.1 Å². The summed E-state index contributed by atoms with van der Waals surface area (Å²) in [6.45, 7) is 1.26. The molecule has 6 heteroatoms. The molecule has 0 saturated carbocycles. The zero-order valence-electron chi connectivity index (χ0n) is 13.9. The van der Waals surface area contributed by atoms with E-state index in [0.717, 1.165) is 29.1 Å². The van der Waals surface area contributed by atoms with Crippen LogP contribution in [0.4, 0.5) is 0 Å². The first kappa shape index (κ1) is 16.0. The highest BCUT2D eigenvalue weighted by Gasteiger charge is 2.22. The molecular formula is C19H20N4OS. The van der Waals surface area contributed by atoms with Crippen molar-refractivity contribution in [3.63, 3.8) is 0 Å². The summed E-state index contributed by atoms with van der Waals surface area (Å²) in [6.07, 6.45) is 6.32. The Hall–Kier alpha value is -2.47. The van der Waals surface area contributed by atoms with Crippen LogP contribution in [0.3, 0.4) is 0 Å². The van der Waals surface area contributed by atoms with Gasteiger partial charge in [-0.15, -0.1) is 11.3 Å². The van der Waals surface area contributed by atoms with Gasteiger partial charge in [-0.25, -0.2) is 0 Å². The number of carbonyl (C=O) groups excluding carboxylic acids is 1. The lowest BCUT2D eigenvalue weighted by Crippen LogP contribution is -2.27. The number of thiophene rings is 1. The highest BCUT2D eigenvalue weighted by molar-refractivity contribution is 7.12. The zero-order valence-corrected chi connectivity index (χ0v) is 14.8. The number of carbonyl (C=O) groups is 1. The van der Waals surface area contributed by atoms with E-state index in [4.69, 9.17) is 5.10 Å². The number of amides is 1. The molecule has 1 aliphatic carbocycles. The van der Waals surface area contributed by atoms with Crippen molar-refractivity contribution in [2.45, 2.75) is 32.2 Å². The Bertz CT molecular complexity index is 855. The molecular weight excluding hydrogens is 332 g/mol. The van der Waals surface area contributed by atoms with E-state index in [9.17, 15) is 4.79 Å². The van der Waals surface area contributed by atoms with E-state index in [2.05, 4.69) is 15.0 Å². The predicted octanol–water partition coefficient (Wildman–Crippen LogP) is 3.32. The molecule has 1 amide bonds. The molecule has 0 aromatic carbocycles. The zero-order chi connectivity index (χ0) is 17.1. The van der Waals surface area contributed by atoms with Crippen LogP contribution in [0, 0.1) is 0 Å². The second-order valence-corrected chi connectivity index (χ2v) is 7.10. The highest BCUT2D eigenvalue weighted by atomic mass is 32.1. The molecule has 3 heterocycles. The van der Waals surface area contributed by atoms with Crippen LogP contribution in [0.2, 0.25) is 0 Å². The molecule has 4 rings (SSSR count). The highest BCUT2D eigenvalue weighted by Crippen LogP contribution is 2.30. The Morgan fingerprint density at radius 3 is 2.92 bits per heavy atom. The molecule has 0 aliphatic heterocycles. The molecule has 3 aromatic rings. The lowest BCUT2D eigenvalue weighted by Gasteiger charge is -2.14. The van der Waals surface area contributed by atoms with Crippen LogP contribution in [0.15, 0.2) is 41.9 Å². The molecule has 0 bridgehead atoms. The average Bonchev–Trinajstić information content (AvgIpc) is 3.31. The minimum atomic E-state index is -0.0130. The van der Waals surface area contributed by atoms with Crippen molar-refractivity contribution in [3.8, 4) is 11.4 Å². The smallest absolute Gasteiger partial charge is 0.261 e. The standard InChI is InChI=1S/C19H20N4OS/c24-19(17-9-5-13-25-17)21-11-12-23-16-8-2-1-6-14(16)18(22-23)15-7-3-4-10-20-15/h3-5,7,9-10,13H,1-2,6,8,11-12H2,(H,21,24). The molecule has 0 radical (unpaired) electrons. The van der Waals surface area contributed by atoms with Crippen LogP contribution in [-0.2, 0) is 19.4 Å². The predicted molar refractivity (Wildman–Crippen MR) is 98.8 cm³/mol. The van der Waals surface area contributed by atoms with Crippen LogP contribution >= 0.6 is 11.3 Å². The van der Waals surface area contributed by atoms with E-state index in [1.54, 1.807) is 0 Å². The van der Waals surface area contributed by atoms with Gasteiger partial charge in [0.15, 0.2) is 0 Å². The number of rotatable bonds is 5. The summed E-state index contributed by atoms with van der Waals surface area (Å²) in [5.74, 6) is -0.0130. The normalized spacial score (nSPS) is 13.4. The van der Waals surface area contributed by atoms with E-state index in [1.165, 1.54) is 35.4 Å². The van der Waals surface area contributed by atoms with Gasteiger partial charge in [0.05, 0.1) is 17.1 Å². The number of nitrogens with zero attached hydrogens (tertiary/aromatic N) is 3. The average molecular weight is 352 g/mol. The van der Waals surface area contributed by atoms with Crippen molar-refractivity contribution >= 4 is 17.2 Å². The van der Waals surface area contributed by atoms with E-state index in [-0.39, 0.29) is 5.91 Å². The summed E-state index contributed by atoms with van der Waals surface area (Å²) in [5, 5.41) is 9.73. The Labute approximate surface area is 150 Å². The largest absolute Gasteiger partial charge is 0.349 e. The number of hydrogen-bond donors (Lipinski definition) is 1. The fourth-order valence-corrected chi connectivity index (χ4v) is 3.97. The first-order valence-electron chi connectivity index (χ1n) is 8.64. The summed E-state index contributed by atoms with van der Waals surface area (Å²) in [6, 6.07) is 9.67. The SMILES string of the molecule is O=C(NCCn1nc(-c2ccccn2)c2c1CCCC2)c1cccs1. The summed E-state index contributed by atoms with van der Waals surface area (Å²) >= 11 is 1.46. The fourth-order valence-electron chi connectivity index (χ4n) is 3.33. The van der Waals surface area contributed by atoms with Gasteiger partial charge in [0.25, 0.3) is 5.91 Å². The molecule has 1 N–H and O–H groups in total. The second kappa shape index (κ2) is 7.19. The third-order valence-corrected chi connectivity index (χ3v) is 5.39. The molecule has 0 spiro atoms. The Kier molecular flexibility index (Phi) is 4.61. The maximum absolute atomic E-state index is 12.1. The number of pyridine rings is 1. The lowest BCUT2D eigenvalue weighted by molar-refractivity contribution is 0.0956. The summed E-state index contributed by atoms with van der Waals surface area (Å²) < 4.78 is 2.06. The Morgan fingerprint density at radius 2 is 2.12 bits per heavy atom. The van der Waals surface area contributed by atoms with Crippen molar-refractivity contribution in [2.75, 3.05) is 6.54 Å². The first-order chi connectivity index (χ1) is 12.3. The van der Waals surface area contributed by atoms with Gasteiger partial charge >= 0.3 is 0 Å². The molecule has 0 unspecified atom stereocenters. The van der Waals surface area contributed by atoms with Crippen molar-refractivity contribution in [2.24, 2.45) is 0 Å². The molecule has 1 aliphatic rings. The van der Waals surface area contributed by atoms with Gasteiger partial charge in [-0.2, -0.15) is 5.10 Å². The van der Waals surface area contributed by atoms with E-state index >= 15 is 0 Å². The minimum absolute atomic E-state index is 0.0130. The van der Waals surface area contributed by atoms with Crippen molar-refractivity contribution in [1.82, 2.24) is 20.1 Å². The van der Waals surface area contributed by atoms with Crippen LogP contribution in [0.1, 0.15) is 33.8 Å². The van der Waals surface area contributed by atoms with Gasteiger partial charge in [-0.3, -0.25) is 14.5 Å². The molecule has 128 valence electrons. The molecule has 0 fully saturated rings. The number of fused-ring (bicyclic) bond motifs is 1. The van der Waals surface area contributed by atoms with Gasteiger partial charge in [-0.05, 0) is 49.3 Å². The summed E-state index contributed by atoms with van der Waals surface area (Å²) in [7, 11) is 0. The van der Waals surface area contributed by atoms with Crippen molar-refractivity contribution < 1.29 is 4.79 Å². The van der Waals surface area contributed by atoms with E-state index in [1.807, 2.05) is 41.9 Å². The third-order valence-electron chi connectivity index (χ3n) is 4.52. The van der Waals surface area contributed by atoms with Crippen LogP contribution in [0.5, 0.6) is 0 Å². The molecule has 25 heavy (non-hydrogen) atoms. The van der Waals surface area contributed by atoms with Gasteiger partial charge in [0.2, 0.25) is 0 Å². The quantitative estimate of drug-likeness (QED) is 0.766. The first-order valence-corrected chi connectivity index (χ1v) is 9.52. The number of aromatic nitrogens is 3. The second-order valence-electron chi connectivity index (χ2n) is 6.15. The Balaban J connectivity index is 1.52. The fraction of sp³-hybridized carbons (Fsp3) is 0.316. The van der Waals surface area contributed by atoms with Crippen LogP contribution in [0.25, 0.3) is 11.4 Å². The lowest BCUT2D eigenvalue weighted by atomic mass is 9.95. The number of nitrogens with one attached hydrogen (secondary N) is 1. The minimum Gasteiger partial charge on any atom is -0.349 e. The summed E-state index contributed by atoms with van der Waals surface area (Å²) in [4.78, 5) is 17.3. The molecule has 0 atom stereocenters. The Morgan fingerprint density at radius 1 is 1.20 bits per heavy atom. The third kappa shape index (κ3) is 3.35. The van der Waals surface area contributed by atoms with Gasteiger partial charge in [-0.1, -0.05) is 12.1 Å². The topological polar surface area (TPSA) is 59.8 Å².